The quantitative estimate of drug-likeness (QED) is 0.756. The van der Waals surface area contributed by atoms with Gasteiger partial charge in [0.15, 0.2) is 5.82 Å². The lowest BCUT2D eigenvalue weighted by atomic mass is 10.2. The lowest BCUT2D eigenvalue weighted by Gasteiger charge is -2.09. The number of methoxy groups -OCH3 is 1. The van der Waals surface area contributed by atoms with Crippen molar-refractivity contribution in [1.29, 1.82) is 0 Å². The maximum absolute atomic E-state index is 5.95. The first-order valence-electron chi connectivity index (χ1n) is 6.69. The zero-order valence-electron chi connectivity index (χ0n) is 12.1. The Morgan fingerprint density at radius 2 is 1.90 bits per heavy atom. The largest absolute Gasteiger partial charge is 0.494 e. The van der Waals surface area contributed by atoms with Crippen LogP contribution in [-0.4, -0.2) is 23.7 Å². The molecule has 0 saturated heterocycles. The molecule has 5 nitrogen and oxygen atoms in total. The molecular weight excluding hydrogens is 381 g/mol. The number of benzene rings is 1. The van der Waals surface area contributed by atoms with Gasteiger partial charge < -0.3 is 15.2 Å². The van der Waals surface area contributed by atoms with E-state index in [2.05, 4.69) is 39.5 Å². The van der Waals surface area contributed by atoms with Crippen molar-refractivity contribution in [3.63, 3.8) is 0 Å². The summed E-state index contributed by atoms with van der Waals surface area (Å²) < 4.78 is 11.5. The van der Waals surface area contributed by atoms with Crippen LogP contribution in [0.1, 0.15) is 19.0 Å². The first-order chi connectivity index (χ1) is 10.2. The molecule has 1 heterocycles. The topological polar surface area (TPSA) is 70.3 Å². The Labute approximate surface area is 138 Å². The Hall–Kier alpha value is -1.41. The predicted molar refractivity (Wildman–Crippen MR) is 91.1 cm³/mol. The van der Waals surface area contributed by atoms with Gasteiger partial charge in [0.05, 0.1) is 22.5 Å². The van der Waals surface area contributed by atoms with Crippen LogP contribution in [0.15, 0.2) is 24.3 Å². The second-order valence-corrected chi connectivity index (χ2v) is 5.58. The van der Waals surface area contributed by atoms with Crippen LogP contribution in [0.2, 0.25) is 0 Å². The summed E-state index contributed by atoms with van der Waals surface area (Å²) >= 11 is 2.13. The number of anilines is 1. The number of nitrogen functional groups attached to an aromatic ring is 1. The molecule has 0 bridgehead atoms. The van der Waals surface area contributed by atoms with E-state index in [9.17, 15) is 0 Å². The number of rotatable bonds is 6. The number of halogens is 1. The van der Waals surface area contributed by atoms with Crippen molar-refractivity contribution in [3.05, 3.63) is 33.5 Å². The molecule has 1 aromatic heterocycles. The van der Waals surface area contributed by atoms with E-state index in [1.165, 1.54) is 0 Å². The summed E-state index contributed by atoms with van der Waals surface area (Å²) in [4.78, 5) is 8.86. The van der Waals surface area contributed by atoms with E-state index in [-0.39, 0.29) is 0 Å². The highest BCUT2D eigenvalue weighted by atomic mass is 127. The minimum absolute atomic E-state index is 0.412. The van der Waals surface area contributed by atoms with Gasteiger partial charge in [-0.2, -0.15) is 0 Å². The Bertz CT molecular complexity index is 603. The molecule has 0 radical (unpaired) electrons. The van der Waals surface area contributed by atoms with Gasteiger partial charge in [0.2, 0.25) is 0 Å². The smallest absolute Gasteiger partial charge is 0.161 e. The van der Waals surface area contributed by atoms with E-state index in [1.807, 2.05) is 24.3 Å². The molecular formula is C15H18IN3O2. The van der Waals surface area contributed by atoms with Gasteiger partial charge in [-0.15, -0.1) is 0 Å². The number of aromatic nitrogens is 2. The van der Waals surface area contributed by atoms with Crippen LogP contribution >= 0.6 is 22.6 Å². The van der Waals surface area contributed by atoms with Gasteiger partial charge in [-0.3, -0.25) is 0 Å². The molecule has 0 aliphatic heterocycles. The summed E-state index contributed by atoms with van der Waals surface area (Å²) in [6.07, 6.45) is 0.985. The molecule has 0 amide bonds. The van der Waals surface area contributed by atoms with Gasteiger partial charge in [0.1, 0.15) is 11.6 Å². The summed E-state index contributed by atoms with van der Waals surface area (Å²) in [7, 11) is 1.63. The molecule has 21 heavy (non-hydrogen) atoms. The summed E-state index contributed by atoms with van der Waals surface area (Å²) in [6.45, 7) is 3.20. The molecule has 0 saturated carbocycles. The SMILES string of the molecule is CCCOc1ccc(-c2nc(N)c(I)c(COC)n2)cc1. The molecule has 0 atom stereocenters. The average Bonchev–Trinajstić information content (AvgIpc) is 2.50. The molecule has 2 N–H and O–H groups in total. The standard InChI is InChI=1S/C15H18IN3O2/c1-3-8-21-11-6-4-10(5-7-11)15-18-12(9-20-2)13(16)14(17)19-15/h4-7H,3,8-9H2,1-2H3,(H2,17,18,19). The van der Waals surface area contributed by atoms with Crippen molar-refractivity contribution in [2.75, 3.05) is 19.5 Å². The van der Waals surface area contributed by atoms with Gasteiger partial charge in [-0.25, -0.2) is 9.97 Å². The second-order valence-electron chi connectivity index (χ2n) is 4.50. The molecule has 1 aromatic carbocycles. The van der Waals surface area contributed by atoms with E-state index in [1.54, 1.807) is 7.11 Å². The molecule has 112 valence electrons. The van der Waals surface area contributed by atoms with Crippen LogP contribution in [0.25, 0.3) is 11.4 Å². The maximum Gasteiger partial charge on any atom is 0.161 e. The summed E-state index contributed by atoms with van der Waals surface area (Å²) in [5, 5.41) is 0. The molecule has 2 aromatic rings. The minimum Gasteiger partial charge on any atom is -0.494 e. The number of hydrogen-bond acceptors (Lipinski definition) is 5. The molecule has 0 spiro atoms. The van der Waals surface area contributed by atoms with E-state index in [4.69, 9.17) is 15.2 Å². The van der Waals surface area contributed by atoms with Crippen molar-refractivity contribution in [2.24, 2.45) is 0 Å². The molecule has 6 heteroatoms. The molecule has 0 aliphatic rings. The summed E-state index contributed by atoms with van der Waals surface area (Å²) in [6, 6.07) is 7.70. The Morgan fingerprint density at radius 3 is 2.52 bits per heavy atom. The Morgan fingerprint density at radius 1 is 1.19 bits per heavy atom. The highest BCUT2D eigenvalue weighted by molar-refractivity contribution is 14.1. The Balaban J connectivity index is 2.28. The first kappa shape index (κ1) is 16.0. The predicted octanol–water partition coefficient (Wildman–Crippen LogP) is 3.27. The second kappa shape index (κ2) is 7.56. The lowest BCUT2D eigenvalue weighted by Crippen LogP contribution is -2.06. The third kappa shape index (κ3) is 4.04. The Kier molecular flexibility index (Phi) is 5.75. The molecule has 0 unspecified atom stereocenters. The van der Waals surface area contributed by atoms with Gasteiger partial charge in [-0.1, -0.05) is 6.92 Å². The van der Waals surface area contributed by atoms with E-state index >= 15 is 0 Å². The monoisotopic (exact) mass is 399 g/mol. The van der Waals surface area contributed by atoms with Crippen LogP contribution < -0.4 is 10.5 Å². The zero-order chi connectivity index (χ0) is 15.2. The van der Waals surface area contributed by atoms with Crippen LogP contribution in [0, 0.1) is 3.57 Å². The average molecular weight is 399 g/mol. The summed E-state index contributed by atoms with van der Waals surface area (Å²) in [5.41, 5.74) is 7.65. The molecule has 2 rings (SSSR count). The fourth-order valence-corrected chi connectivity index (χ4v) is 2.19. The normalized spacial score (nSPS) is 10.6. The third-order valence-electron chi connectivity index (χ3n) is 2.81. The van der Waals surface area contributed by atoms with Gasteiger partial charge >= 0.3 is 0 Å². The van der Waals surface area contributed by atoms with Gasteiger partial charge in [0, 0.05) is 12.7 Å². The van der Waals surface area contributed by atoms with Gasteiger partial charge in [0.25, 0.3) is 0 Å². The van der Waals surface area contributed by atoms with Crippen molar-refractivity contribution < 1.29 is 9.47 Å². The third-order valence-corrected chi connectivity index (χ3v) is 3.99. The van der Waals surface area contributed by atoms with Crippen LogP contribution in [-0.2, 0) is 11.3 Å². The minimum atomic E-state index is 0.412. The number of hydrogen-bond donors (Lipinski definition) is 1. The molecule has 0 fully saturated rings. The highest BCUT2D eigenvalue weighted by Gasteiger charge is 2.11. The van der Waals surface area contributed by atoms with E-state index < -0.39 is 0 Å². The number of nitrogens with zero attached hydrogens (tertiary/aromatic N) is 2. The molecule has 0 aliphatic carbocycles. The fraction of sp³-hybridized carbons (Fsp3) is 0.333. The van der Waals surface area contributed by atoms with Crippen molar-refractivity contribution in [2.45, 2.75) is 20.0 Å². The van der Waals surface area contributed by atoms with E-state index in [0.29, 0.717) is 24.9 Å². The summed E-state index contributed by atoms with van der Waals surface area (Å²) in [5.74, 6) is 1.91. The van der Waals surface area contributed by atoms with Crippen LogP contribution in [0.5, 0.6) is 5.75 Å². The number of ether oxygens (including phenoxy) is 2. The number of nitrogens with two attached hydrogens (primary N) is 1. The highest BCUT2D eigenvalue weighted by Crippen LogP contribution is 2.24. The van der Waals surface area contributed by atoms with Crippen molar-refractivity contribution >= 4 is 28.4 Å². The van der Waals surface area contributed by atoms with Crippen molar-refractivity contribution in [3.8, 4) is 17.1 Å². The maximum atomic E-state index is 5.95. The van der Waals surface area contributed by atoms with Gasteiger partial charge in [-0.05, 0) is 53.3 Å². The van der Waals surface area contributed by atoms with Crippen LogP contribution in [0.4, 0.5) is 5.82 Å². The van der Waals surface area contributed by atoms with E-state index in [0.717, 1.165) is 27.0 Å². The zero-order valence-corrected chi connectivity index (χ0v) is 14.3. The first-order valence-corrected chi connectivity index (χ1v) is 7.77. The van der Waals surface area contributed by atoms with Crippen molar-refractivity contribution in [1.82, 2.24) is 9.97 Å². The van der Waals surface area contributed by atoms with Crippen LogP contribution in [0.3, 0.4) is 0 Å². The fourth-order valence-electron chi connectivity index (χ4n) is 1.79. The lowest BCUT2D eigenvalue weighted by molar-refractivity contribution is 0.181.